The second-order valence-electron chi connectivity index (χ2n) is 5.20. The van der Waals surface area contributed by atoms with Crippen molar-refractivity contribution in [3.05, 3.63) is 24.2 Å². The van der Waals surface area contributed by atoms with Crippen molar-refractivity contribution in [1.29, 1.82) is 0 Å². The van der Waals surface area contributed by atoms with Crippen LogP contribution in [0, 0.1) is 0 Å². The van der Waals surface area contributed by atoms with Gasteiger partial charge in [0, 0.05) is 31.2 Å². The summed E-state index contributed by atoms with van der Waals surface area (Å²) in [6.45, 7) is 9.62. The van der Waals surface area contributed by atoms with Crippen molar-refractivity contribution in [3.8, 4) is 0 Å². The summed E-state index contributed by atoms with van der Waals surface area (Å²) in [6.07, 6.45) is 2.77. The van der Waals surface area contributed by atoms with Crippen molar-refractivity contribution in [1.82, 2.24) is 19.9 Å². The third-order valence-electron chi connectivity index (χ3n) is 2.94. The third-order valence-corrected chi connectivity index (χ3v) is 2.94. The Morgan fingerprint density at radius 2 is 2.06 bits per heavy atom. The molecule has 0 atom stereocenters. The highest BCUT2D eigenvalue weighted by Gasteiger charge is 2.13. The largest absolute Gasteiger partial charge is 0.314 e. The number of nitrogens with zero attached hydrogens (tertiary/aromatic N) is 3. The predicted molar refractivity (Wildman–Crippen MR) is 74.8 cm³/mol. The summed E-state index contributed by atoms with van der Waals surface area (Å²) in [5, 5.41) is 3.43. The second-order valence-corrected chi connectivity index (χ2v) is 5.20. The Balaban J connectivity index is 2.28. The van der Waals surface area contributed by atoms with E-state index in [0.29, 0.717) is 12.1 Å². The molecule has 2 aromatic rings. The summed E-state index contributed by atoms with van der Waals surface area (Å²) in [5.41, 5.74) is 1.98. The van der Waals surface area contributed by atoms with E-state index < -0.39 is 0 Å². The zero-order chi connectivity index (χ0) is 13.1. The summed E-state index contributed by atoms with van der Waals surface area (Å²) < 4.78 is 2.23. The Kier molecular flexibility index (Phi) is 3.97. The molecule has 98 valence electrons. The molecule has 0 amide bonds. The van der Waals surface area contributed by atoms with Crippen molar-refractivity contribution < 1.29 is 0 Å². The van der Waals surface area contributed by atoms with E-state index in [1.807, 2.05) is 18.3 Å². The highest BCUT2D eigenvalue weighted by atomic mass is 15.1. The maximum atomic E-state index is 4.69. The van der Waals surface area contributed by atoms with Crippen LogP contribution in [0.15, 0.2) is 18.3 Å². The molecule has 0 unspecified atom stereocenters. The van der Waals surface area contributed by atoms with Gasteiger partial charge < -0.3 is 9.88 Å². The first-order valence-corrected chi connectivity index (χ1v) is 6.64. The van der Waals surface area contributed by atoms with Crippen LogP contribution in [0.1, 0.15) is 39.6 Å². The molecule has 0 saturated carbocycles. The Hall–Kier alpha value is -1.42. The number of hydrogen-bond donors (Lipinski definition) is 1. The van der Waals surface area contributed by atoms with E-state index in [0.717, 1.165) is 30.0 Å². The average molecular weight is 246 g/mol. The van der Waals surface area contributed by atoms with E-state index in [4.69, 9.17) is 4.98 Å². The zero-order valence-electron chi connectivity index (χ0n) is 11.6. The average Bonchev–Trinajstić information content (AvgIpc) is 2.66. The molecule has 1 N–H and O–H groups in total. The molecule has 0 aromatic carbocycles. The maximum absolute atomic E-state index is 4.69. The number of pyridine rings is 1. The molecule has 0 saturated heterocycles. The van der Waals surface area contributed by atoms with Crippen molar-refractivity contribution >= 4 is 11.2 Å². The van der Waals surface area contributed by atoms with Crippen molar-refractivity contribution in [2.24, 2.45) is 0 Å². The lowest BCUT2D eigenvalue weighted by Crippen LogP contribution is -2.26. The van der Waals surface area contributed by atoms with Crippen LogP contribution in [0.25, 0.3) is 11.2 Å². The van der Waals surface area contributed by atoms with Crippen molar-refractivity contribution in [2.45, 2.75) is 46.2 Å². The van der Waals surface area contributed by atoms with Gasteiger partial charge in [0.05, 0.1) is 0 Å². The molecule has 2 rings (SSSR count). The molecule has 2 heterocycles. The fraction of sp³-hybridized carbons (Fsp3) is 0.571. The second kappa shape index (κ2) is 5.48. The molecule has 2 aromatic heterocycles. The summed E-state index contributed by atoms with van der Waals surface area (Å²) in [5.74, 6) is 1.12. The topological polar surface area (TPSA) is 42.7 Å². The predicted octanol–water partition coefficient (Wildman–Crippen LogP) is 2.55. The van der Waals surface area contributed by atoms with Gasteiger partial charge in [-0.25, -0.2) is 9.97 Å². The molecule has 0 bridgehead atoms. The standard InChI is InChI=1S/C14H22N4/c1-10(2)15-9-7-13-17-12-6-5-8-16-14(12)18(13)11(3)4/h5-6,8,10-11,15H,7,9H2,1-4H3. The van der Waals surface area contributed by atoms with Gasteiger partial charge in [-0.05, 0) is 26.0 Å². The van der Waals surface area contributed by atoms with Crippen LogP contribution in [0.3, 0.4) is 0 Å². The molecule has 0 radical (unpaired) electrons. The Bertz CT molecular complexity index is 513. The number of rotatable bonds is 5. The fourth-order valence-corrected chi connectivity index (χ4v) is 2.17. The van der Waals surface area contributed by atoms with Crippen LogP contribution in [-0.2, 0) is 6.42 Å². The highest BCUT2D eigenvalue weighted by molar-refractivity contribution is 5.71. The van der Waals surface area contributed by atoms with Gasteiger partial charge in [0.25, 0.3) is 0 Å². The van der Waals surface area contributed by atoms with Gasteiger partial charge in [-0.2, -0.15) is 0 Å². The molecule has 4 heteroatoms. The van der Waals surface area contributed by atoms with Crippen molar-refractivity contribution in [2.75, 3.05) is 6.54 Å². The van der Waals surface area contributed by atoms with Gasteiger partial charge in [0.1, 0.15) is 11.3 Å². The number of nitrogens with one attached hydrogen (secondary N) is 1. The first kappa shape index (κ1) is 13.0. The molecule has 4 nitrogen and oxygen atoms in total. The van der Waals surface area contributed by atoms with Gasteiger partial charge in [0.15, 0.2) is 5.65 Å². The van der Waals surface area contributed by atoms with Gasteiger partial charge in [-0.1, -0.05) is 13.8 Å². The maximum Gasteiger partial charge on any atom is 0.160 e. The first-order valence-electron chi connectivity index (χ1n) is 6.64. The summed E-state index contributed by atoms with van der Waals surface area (Å²) >= 11 is 0. The Morgan fingerprint density at radius 1 is 1.28 bits per heavy atom. The number of hydrogen-bond acceptors (Lipinski definition) is 3. The quantitative estimate of drug-likeness (QED) is 0.881. The minimum absolute atomic E-state index is 0.388. The first-order chi connectivity index (χ1) is 8.59. The number of fused-ring (bicyclic) bond motifs is 1. The third kappa shape index (κ3) is 2.70. The fourth-order valence-electron chi connectivity index (χ4n) is 2.17. The smallest absolute Gasteiger partial charge is 0.160 e. The number of imidazole rings is 1. The molecule has 18 heavy (non-hydrogen) atoms. The van der Waals surface area contributed by atoms with Gasteiger partial charge >= 0.3 is 0 Å². The molecule has 0 aliphatic heterocycles. The SMILES string of the molecule is CC(C)NCCc1nc2cccnc2n1C(C)C. The van der Waals surface area contributed by atoms with Crippen molar-refractivity contribution in [3.63, 3.8) is 0 Å². The Labute approximate surface area is 108 Å². The molecule has 0 spiro atoms. The van der Waals surface area contributed by atoms with Crippen LogP contribution in [0.5, 0.6) is 0 Å². The molecular weight excluding hydrogens is 224 g/mol. The van der Waals surface area contributed by atoms with E-state index >= 15 is 0 Å². The molecule has 0 aliphatic carbocycles. The molecule has 0 aliphatic rings. The van der Waals surface area contributed by atoms with E-state index in [1.165, 1.54) is 0 Å². The van der Waals surface area contributed by atoms with Gasteiger partial charge in [-0.15, -0.1) is 0 Å². The lowest BCUT2D eigenvalue weighted by Gasteiger charge is -2.13. The molecule has 0 fully saturated rings. The van der Waals surface area contributed by atoms with Crippen LogP contribution in [-0.4, -0.2) is 27.1 Å². The summed E-state index contributed by atoms with van der Waals surface area (Å²) in [6, 6.07) is 4.87. The molecular formula is C14H22N4. The minimum atomic E-state index is 0.388. The van der Waals surface area contributed by atoms with E-state index in [2.05, 4.69) is 42.6 Å². The number of aromatic nitrogens is 3. The van der Waals surface area contributed by atoms with Crippen LogP contribution in [0.2, 0.25) is 0 Å². The van der Waals surface area contributed by atoms with Gasteiger partial charge in [0.2, 0.25) is 0 Å². The summed E-state index contributed by atoms with van der Waals surface area (Å²) in [7, 11) is 0. The highest BCUT2D eigenvalue weighted by Crippen LogP contribution is 2.19. The monoisotopic (exact) mass is 246 g/mol. The lowest BCUT2D eigenvalue weighted by molar-refractivity contribution is 0.544. The normalized spacial score (nSPS) is 11.9. The zero-order valence-corrected chi connectivity index (χ0v) is 11.6. The van der Waals surface area contributed by atoms with E-state index in [9.17, 15) is 0 Å². The van der Waals surface area contributed by atoms with Crippen LogP contribution >= 0.6 is 0 Å². The van der Waals surface area contributed by atoms with Crippen LogP contribution < -0.4 is 5.32 Å². The lowest BCUT2D eigenvalue weighted by atomic mass is 10.3. The minimum Gasteiger partial charge on any atom is -0.314 e. The van der Waals surface area contributed by atoms with E-state index in [1.54, 1.807) is 0 Å². The Morgan fingerprint density at radius 3 is 2.72 bits per heavy atom. The van der Waals surface area contributed by atoms with Crippen LogP contribution in [0.4, 0.5) is 0 Å². The van der Waals surface area contributed by atoms with E-state index in [-0.39, 0.29) is 0 Å². The van der Waals surface area contributed by atoms with Gasteiger partial charge in [-0.3, -0.25) is 0 Å². The summed E-state index contributed by atoms with van der Waals surface area (Å²) in [4.78, 5) is 9.14.